The summed E-state index contributed by atoms with van der Waals surface area (Å²) in [6.45, 7) is 2.62. The second kappa shape index (κ2) is 47.2. The molecule has 0 aliphatic carbocycles. The maximum Gasteiger partial charge on any atom is 0.220 e. The Hall–Kier alpha value is -3.61. The highest BCUT2D eigenvalue weighted by atomic mass is 16.7. The van der Waals surface area contributed by atoms with E-state index in [2.05, 4.69) is 129 Å². The van der Waals surface area contributed by atoms with Crippen molar-refractivity contribution in [2.45, 2.75) is 248 Å². The van der Waals surface area contributed by atoms with Gasteiger partial charge < -0.3 is 65.1 Å². The molecule has 12 atom stereocenters. The zero-order chi connectivity index (χ0) is 56.0. The van der Waals surface area contributed by atoms with Crippen LogP contribution in [-0.4, -0.2) is 140 Å². The molecule has 2 aliphatic rings. The number of allylic oxidation sites excluding steroid dienone is 19. The molecule has 0 radical (unpaired) electrons. The van der Waals surface area contributed by atoms with E-state index in [9.17, 15) is 45.6 Å². The summed E-state index contributed by atoms with van der Waals surface area (Å²) in [5.41, 5.74) is 0. The summed E-state index contributed by atoms with van der Waals surface area (Å²) in [5.74, 6) is -0.279. The molecular weight excluding hydrogens is 979 g/mol. The molecule has 0 aromatic rings. The van der Waals surface area contributed by atoms with Gasteiger partial charge in [0.15, 0.2) is 12.6 Å². The van der Waals surface area contributed by atoms with Crippen molar-refractivity contribution in [1.82, 2.24) is 5.32 Å². The number of rotatable bonds is 44. The number of carbonyl (C=O) groups excluding carboxylic acids is 1. The molecule has 12 unspecified atom stereocenters. The van der Waals surface area contributed by atoms with Gasteiger partial charge in [0.25, 0.3) is 0 Å². The van der Waals surface area contributed by atoms with Gasteiger partial charge in [-0.3, -0.25) is 4.79 Å². The molecule has 9 N–H and O–H groups in total. The van der Waals surface area contributed by atoms with Gasteiger partial charge in [-0.2, -0.15) is 0 Å². The summed E-state index contributed by atoms with van der Waals surface area (Å²) in [5, 5.41) is 86.9. The Balaban J connectivity index is 1.74. The number of hydrogen-bond acceptors (Lipinski definition) is 13. The lowest BCUT2D eigenvalue weighted by Crippen LogP contribution is -2.65. The first-order valence-electron chi connectivity index (χ1n) is 29.3. The highest BCUT2D eigenvalue weighted by Crippen LogP contribution is 2.30. The summed E-state index contributed by atoms with van der Waals surface area (Å²) in [4.78, 5) is 13.2. The summed E-state index contributed by atoms with van der Waals surface area (Å²) in [6.07, 6.45) is 51.0. The zero-order valence-corrected chi connectivity index (χ0v) is 46.9. The number of amides is 1. The quantitative estimate of drug-likeness (QED) is 0.0205. The number of aliphatic hydroxyl groups excluding tert-OH is 8. The molecule has 2 heterocycles. The van der Waals surface area contributed by atoms with E-state index in [0.717, 1.165) is 103 Å². The number of nitrogens with one attached hydrogen (secondary N) is 1. The van der Waals surface area contributed by atoms with Crippen molar-refractivity contribution in [1.29, 1.82) is 0 Å². The minimum absolute atomic E-state index is 0.233. The van der Waals surface area contributed by atoms with Crippen LogP contribution in [0.4, 0.5) is 0 Å². The van der Waals surface area contributed by atoms with Gasteiger partial charge in [0, 0.05) is 6.42 Å². The molecule has 0 saturated carbocycles. The minimum Gasteiger partial charge on any atom is -0.394 e. The Bertz CT molecular complexity index is 1750. The van der Waals surface area contributed by atoms with Crippen LogP contribution in [0.2, 0.25) is 0 Å². The van der Waals surface area contributed by atoms with Crippen LogP contribution in [0.3, 0.4) is 0 Å². The molecule has 0 aromatic carbocycles. The SMILES string of the molecule is CC/C=C\C/C=C\C/C=C\C/C=C\C/C=C\C/C=C\C/C=C\C/C=C\C/C=C\CCCCCC(=O)NC(COC1OC(CO)C(OC2OC(CO)C(O)C(O)C2O)C(O)C1O)C(O)/C=C/CCCCCCCCCCCC. The second-order valence-corrected chi connectivity index (χ2v) is 20.0. The summed E-state index contributed by atoms with van der Waals surface area (Å²) < 4.78 is 22.7. The predicted octanol–water partition coefficient (Wildman–Crippen LogP) is 9.83. The molecule has 0 aromatic heterocycles. The molecule has 2 aliphatic heterocycles. The Morgan fingerprint density at radius 2 is 0.896 bits per heavy atom. The number of carbonyl (C=O) groups is 1. The fourth-order valence-corrected chi connectivity index (χ4v) is 8.69. The Morgan fingerprint density at radius 1 is 0.481 bits per heavy atom. The van der Waals surface area contributed by atoms with E-state index in [1.807, 2.05) is 6.08 Å². The Morgan fingerprint density at radius 3 is 1.38 bits per heavy atom. The van der Waals surface area contributed by atoms with Crippen LogP contribution in [0.5, 0.6) is 0 Å². The first-order valence-corrected chi connectivity index (χ1v) is 29.3. The maximum absolute atomic E-state index is 13.2. The summed E-state index contributed by atoms with van der Waals surface area (Å²) in [7, 11) is 0. The lowest BCUT2D eigenvalue weighted by molar-refractivity contribution is -0.359. The number of ether oxygens (including phenoxy) is 4. The van der Waals surface area contributed by atoms with Crippen molar-refractivity contribution >= 4 is 5.91 Å². The molecule has 2 saturated heterocycles. The van der Waals surface area contributed by atoms with Gasteiger partial charge in [-0.15, -0.1) is 0 Å². The van der Waals surface area contributed by atoms with Crippen LogP contribution in [0.15, 0.2) is 122 Å². The maximum atomic E-state index is 13.2. The predicted molar refractivity (Wildman–Crippen MR) is 308 cm³/mol. The highest BCUT2D eigenvalue weighted by molar-refractivity contribution is 5.76. The standard InChI is InChI=1S/C63H103NO13/c1-3-5-7-9-11-13-15-17-18-19-20-21-22-23-24-25-26-27-28-29-30-31-32-33-34-35-37-39-41-43-45-47-55(68)64-51(52(67)46-44-42-40-38-36-16-14-12-10-8-6-4-2)50-74-62-60(73)58(71)61(54(49-66)76-62)77-63-59(72)57(70)56(69)53(48-65)75-63/h5,7,11,13,17-18,20-21,23-24,26-27,29-30,32-33,35,37,44,46,51-54,56-63,65-67,69-73H,3-4,6,8-10,12,14-16,19,22,25,28,31,34,36,38-43,45,47-50H2,1-2H3,(H,64,68)/b7-5-,13-11-,18-17-,21-20-,24-23-,27-26-,30-29-,33-32-,37-35-,46-44+. The van der Waals surface area contributed by atoms with Gasteiger partial charge in [0.05, 0.1) is 32.0 Å². The van der Waals surface area contributed by atoms with E-state index < -0.39 is 86.8 Å². The Kier molecular flexibility index (Phi) is 42.6. The summed E-state index contributed by atoms with van der Waals surface area (Å²) >= 11 is 0. The van der Waals surface area contributed by atoms with Gasteiger partial charge in [0.2, 0.25) is 5.91 Å². The van der Waals surface area contributed by atoms with Crippen molar-refractivity contribution in [3.8, 4) is 0 Å². The monoisotopic (exact) mass is 1080 g/mol. The van der Waals surface area contributed by atoms with Gasteiger partial charge in [-0.25, -0.2) is 0 Å². The van der Waals surface area contributed by atoms with Crippen molar-refractivity contribution in [3.05, 3.63) is 122 Å². The second-order valence-electron chi connectivity index (χ2n) is 20.0. The van der Waals surface area contributed by atoms with Crippen LogP contribution in [0, 0.1) is 0 Å². The van der Waals surface area contributed by atoms with Gasteiger partial charge in [-0.1, -0.05) is 200 Å². The van der Waals surface area contributed by atoms with Gasteiger partial charge in [0.1, 0.15) is 48.8 Å². The fraction of sp³-hybridized carbons (Fsp3) is 0.667. The molecule has 0 spiro atoms. The molecule has 77 heavy (non-hydrogen) atoms. The molecule has 2 fully saturated rings. The number of unbranched alkanes of at least 4 members (excludes halogenated alkanes) is 13. The van der Waals surface area contributed by atoms with Crippen molar-refractivity contribution < 1.29 is 64.6 Å². The number of aliphatic hydroxyl groups is 8. The highest BCUT2D eigenvalue weighted by Gasteiger charge is 2.51. The van der Waals surface area contributed by atoms with Gasteiger partial charge in [-0.05, 0) is 89.9 Å². The van der Waals surface area contributed by atoms with E-state index in [-0.39, 0.29) is 18.9 Å². The first-order chi connectivity index (χ1) is 37.6. The fourth-order valence-electron chi connectivity index (χ4n) is 8.69. The Labute approximate surface area is 463 Å². The molecule has 14 heteroatoms. The van der Waals surface area contributed by atoms with Crippen molar-refractivity contribution in [2.75, 3.05) is 19.8 Å². The van der Waals surface area contributed by atoms with Crippen LogP contribution < -0.4 is 5.32 Å². The third kappa shape index (κ3) is 32.9. The first kappa shape index (κ1) is 69.5. The van der Waals surface area contributed by atoms with Crippen LogP contribution >= 0.6 is 0 Å². The summed E-state index contributed by atoms with van der Waals surface area (Å²) in [6, 6.07) is -0.941. The lowest BCUT2D eigenvalue weighted by atomic mass is 9.97. The molecule has 14 nitrogen and oxygen atoms in total. The molecule has 2 rings (SSSR count). The number of hydrogen-bond donors (Lipinski definition) is 9. The smallest absolute Gasteiger partial charge is 0.220 e. The van der Waals surface area contributed by atoms with Crippen molar-refractivity contribution in [2.24, 2.45) is 0 Å². The lowest BCUT2D eigenvalue weighted by Gasteiger charge is -2.46. The average molecular weight is 1080 g/mol. The largest absolute Gasteiger partial charge is 0.394 e. The van der Waals surface area contributed by atoms with E-state index >= 15 is 0 Å². The molecule has 1 amide bonds. The van der Waals surface area contributed by atoms with Crippen LogP contribution in [0.25, 0.3) is 0 Å². The van der Waals surface area contributed by atoms with E-state index in [1.54, 1.807) is 6.08 Å². The van der Waals surface area contributed by atoms with E-state index in [1.165, 1.54) is 44.9 Å². The molecule has 438 valence electrons. The van der Waals surface area contributed by atoms with Crippen molar-refractivity contribution in [3.63, 3.8) is 0 Å². The normalized spacial score (nSPS) is 25.6. The molecule has 0 bridgehead atoms. The van der Waals surface area contributed by atoms with E-state index in [4.69, 9.17) is 18.9 Å². The third-order valence-corrected chi connectivity index (χ3v) is 13.4. The third-order valence-electron chi connectivity index (χ3n) is 13.4. The van der Waals surface area contributed by atoms with E-state index in [0.29, 0.717) is 6.42 Å². The minimum atomic E-state index is -1.80. The van der Waals surface area contributed by atoms with Crippen LogP contribution in [0.1, 0.15) is 174 Å². The zero-order valence-electron chi connectivity index (χ0n) is 46.9. The van der Waals surface area contributed by atoms with Crippen LogP contribution in [-0.2, 0) is 23.7 Å². The average Bonchev–Trinajstić information content (AvgIpc) is 3.43. The van der Waals surface area contributed by atoms with Gasteiger partial charge >= 0.3 is 0 Å². The molecular formula is C63H103NO13. The topological polar surface area (TPSA) is 228 Å².